The minimum atomic E-state index is -0.694. The third-order valence-corrected chi connectivity index (χ3v) is 2.27. The van der Waals surface area contributed by atoms with Crippen LogP contribution in [-0.2, 0) is 9.53 Å². The summed E-state index contributed by atoms with van der Waals surface area (Å²) in [5, 5.41) is 2.60. The third kappa shape index (κ3) is 5.07. The summed E-state index contributed by atoms with van der Waals surface area (Å²) in [6.07, 6.45) is 1.56. The van der Waals surface area contributed by atoms with Gasteiger partial charge in [0.15, 0.2) is 0 Å². The number of esters is 1. The lowest BCUT2D eigenvalue weighted by molar-refractivity contribution is -0.156. The van der Waals surface area contributed by atoms with Crippen LogP contribution < -0.4 is 5.32 Å². The molecule has 1 amide bonds. The molecule has 1 heterocycles. The van der Waals surface area contributed by atoms with Crippen LogP contribution >= 0.6 is 0 Å². The van der Waals surface area contributed by atoms with Crippen LogP contribution in [0.1, 0.15) is 43.7 Å². The van der Waals surface area contributed by atoms with Gasteiger partial charge in [-0.2, -0.15) is 0 Å². The molecule has 104 valence electrons. The largest absolute Gasteiger partial charge is 0.458 e. The number of amides is 1. The fraction of sp³-hybridized carbons (Fsp3) is 0.500. The van der Waals surface area contributed by atoms with Gasteiger partial charge in [-0.1, -0.05) is 0 Å². The second-order valence-corrected chi connectivity index (χ2v) is 5.41. The summed E-state index contributed by atoms with van der Waals surface area (Å²) in [4.78, 5) is 27.7. The molecule has 0 aromatic carbocycles. The summed E-state index contributed by atoms with van der Waals surface area (Å²) in [7, 11) is 0. The number of nitrogens with zero attached hydrogens (tertiary/aromatic N) is 1. The zero-order valence-electron chi connectivity index (χ0n) is 12.0. The molecule has 0 unspecified atom stereocenters. The van der Waals surface area contributed by atoms with E-state index in [1.54, 1.807) is 52.9 Å². The molecule has 0 fully saturated rings. The first-order valence-electron chi connectivity index (χ1n) is 6.15. The summed E-state index contributed by atoms with van der Waals surface area (Å²) in [5.74, 6) is -0.768. The van der Waals surface area contributed by atoms with Crippen LogP contribution in [0.25, 0.3) is 0 Å². The number of hydrogen-bond donors (Lipinski definition) is 1. The van der Waals surface area contributed by atoms with Crippen LogP contribution in [0.5, 0.6) is 0 Å². The molecule has 1 atom stereocenters. The highest BCUT2D eigenvalue weighted by Gasteiger charge is 2.23. The van der Waals surface area contributed by atoms with E-state index in [9.17, 15) is 9.59 Å². The first kappa shape index (κ1) is 15.1. The van der Waals surface area contributed by atoms with E-state index in [0.29, 0.717) is 5.56 Å². The van der Waals surface area contributed by atoms with Gasteiger partial charge in [0.1, 0.15) is 11.6 Å². The highest BCUT2D eigenvalue weighted by molar-refractivity contribution is 5.96. The van der Waals surface area contributed by atoms with Crippen LogP contribution in [0.4, 0.5) is 0 Å². The molecule has 0 saturated carbocycles. The molecule has 1 aromatic rings. The highest BCUT2D eigenvalue weighted by atomic mass is 16.6. The Labute approximate surface area is 113 Å². The molecule has 0 aliphatic heterocycles. The SMILES string of the molecule is Cc1cc(C(=O)N[C@@H](C)C(=O)OC(C)(C)C)ccn1. The van der Waals surface area contributed by atoms with Crippen molar-refractivity contribution in [3.63, 3.8) is 0 Å². The average Bonchev–Trinajstić information content (AvgIpc) is 2.26. The van der Waals surface area contributed by atoms with Crippen molar-refractivity contribution in [2.24, 2.45) is 0 Å². The van der Waals surface area contributed by atoms with Gasteiger partial charge in [0.2, 0.25) is 0 Å². The summed E-state index contributed by atoms with van der Waals surface area (Å²) in [6, 6.07) is 2.57. The van der Waals surface area contributed by atoms with Crippen molar-refractivity contribution >= 4 is 11.9 Å². The van der Waals surface area contributed by atoms with Crippen LogP contribution in [0.15, 0.2) is 18.3 Å². The maximum atomic E-state index is 11.9. The zero-order chi connectivity index (χ0) is 14.6. The smallest absolute Gasteiger partial charge is 0.328 e. The van der Waals surface area contributed by atoms with Crippen LogP contribution in [0.2, 0.25) is 0 Å². The fourth-order valence-electron chi connectivity index (χ4n) is 1.42. The van der Waals surface area contributed by atoms with Crippen molar-refractivity contribution in [2.75, 3.05) is 0 Å². The van der Waals surface area contributed by atoms with Crippen LogP contribution in [0, 0.1) is 6.92 Å². The maximum Gasteiger partial charge on any atom is 0.328 e. The number of nitrogens with one attached hydrogen (secondary N) is 1. The molecule has 1 N–H and O–H groups in total. The Bertz CT molecular complexity index is 478. The molecule has 5 heteroatoms. The lowest BCUT2D eigenvalue weighted by Crippen LogP contribution is -2.42. The summed E-state index contributed by atoms with van der Waals surface area (Å²) in [5.41, 5.74) is 0.657. The second-order valence-electron chi connectivity index (χ2n) is 5.41. The van der Waals surface area contributed by atoms with Gasteiger partial charge < -0.3 is 10.1 Å². The Kier molecular flexibility index (Phi) is 4.64. The predicted octanol–water partition coefficient (Wildman–Crippen LogP) is 1.85. The van der Waals surface area contributed by atoms with Gasteiger partial charge in [0.05, 0.1) is 0 Å². The number of carbonyl (C=O) groups excluding carboxylic acids is 2. The monoisotopic (exact) mass is 264 g/mol. The number of aromatic nitrogens is 1. The number of ether oxygens (including phenoxy) is 1. The zero-order valence-corrected chi connectivity index (χ0v) is 12.0. The van der Waals surface area contributed by atoms with Gasteiger partial charge in [-0.3, -0.25) is 9.78 Å². The van der Waals surface area contributed by atoms with Crippen molar-refractivity contribution in [2.45, 2.75) is 46.3 Å². The molecule has 5 nitrogen and oxygen atoms in total. The molecule has 1 rings (SSSR count). The lowest BCUT2D eigenvalue weighted by Gasteiger charge is -2.22. The molecule has 0 bridgehead atoms. The Morgan fingerprint density at radius 2 is 2.00 bits per heavy atom. The molecule has 0 spiro atoms. The van der Waals surface area contributed by atoms with Gasteiger partial charge in [0.25, 0.3) is 5.91 Å². The van der Waals surface area contributed by atoms with E-state index >= 15 is 0 Å². The second kappa shape index (κ2) is 5.82. The van der Waals surface area contributed by atoms with Crippen molar-refractivity contribution < 1.29 is 14.3 Å². The van der Waals surface area contributed by atoms with E-state index in [0.717, 1.165) is 5.69 Å². The number of pyridine rings is 1. The normalized spacial score (nSPS) is 12.7. The predicted molar refractivity (Wildman–Crippen MR) is 71.7 cm³/mol. The van der Waals surface area contributed by atoms with E-state index < -0.39 is 17.6 Å². The quantitative estimate of drug-likeness (QED) is 0.846. The van der Waals surface area contributed by atoms with E-state index in [1.807, 2.05) is 0 Å². The molecular formula is C14H20N2O3. The van der Waals surface area contributed by atoms with Crippen LogP contribution in [0.3, 0.4) is 0 Å². The summed E-state index contributed by atoms with van der Waals surface area (Å²) < 4.78 is 5.19. The molecule has 1 aromatic heterocycles. The fourth-order valence-corrected chi connectivity index (χ4v) is 1.42. The average molecular weight is 264 g/mol. The van der Waals surface area contributed by atoms with Crippen LogP contribution in [-0.4, -0.2) is 28.5 Å². The number of hydrogen-bond acceptors (Lipinski definition) is 4. The van der Waals surface area contributed by atoms with Crippen molar-refractivity contribution in [3.8, 4) is 0 Å². The molecule has 0 aliphatic rings. The Morgan fingerprint density at radius 3 is 2.53 bits per heavy atom. The van der Waals surface area contributed by atoms with E-state index in [4.69, 9.17) is 4.74 Å². The summed E-state index contributed by atoms with van der Waals surface area (Å²) >= 11 is 0. The maximum absolute atomic E-state index is 11.9. The molecule has 19 heavy (non-hydrogen) atoms. The topological polar surface area (TPSA) is 68.3 Å². The third-order valence-electron chi connectivity index (χ3n) is 2.27. The van der Waals surface area contributed by atoms with Gasteiger partial charge in [-0.25, -0.2) is 4.79 Å². The minimum Gasteiger partial charge on any atom is -0.458 e. The number of carbonyl (C=O) groups is 2. The number of aryl methyl sites for hydroxylation is 1. The molecule has 0 saturated heterocycles. The first-order valence-corrected chi connectivity index (χ1v) is 6.15. The van der Waals surface area contributed by atoms with Crippen molar-refractivity contribution in [1.82, 2.24) is 10.3 Å². The Balaban J connectivity index is 2.64. The molecule has 0 aliphatic carbocycles. The van der Waals surface area contributed by atoms with E-state index in [1.165, 1.54) is 0 Å². The van der Waals surface area contributed by atoms with Crippen molar-refractivity contribution in [1.29, 1.82) is 0 Å². The molecule has 0 radical (unpaired) electrons. The van der Waals surface area contributed by atoms with Gasteiger partial charge in [0, 0.05) is 17.5 Å². The van der Waals surface area contributed by atoms with Crippen molar-refractivity contribution in [3.05, 3.63) is 29.6 Å². The van der Waals surface area contributed by atoms with Gasteiger partial charge in [-0.15, -0.1) is 0 Å². The lowest BCUT2D eigenvalue weighted by atomic mass is 10.2. The standard InChI is InChI=1S/C14H20N2O3/c1-9-8-11(6-7-15-9)12(17)16-10(2)13(18)19-14(3,4)5/h6-8,10H,1-5H3,(H,16,17)/t10-/m0/s1. The Morgan fingerprint density at radius 1 is 1.37 bits per heavy atom. The number of rotatable bonds is 3. The van der Waals surface area contributed by atoms with Gasteiger partial charge in [-0.05, 0) is 46.8 Å². The Hall–Kier alpha value is -1.91. The first-order chi connectivity index (χ1) is 8.69. The molecular weight excluding hydrogens is 244 g/mol. The summed E-state index contributed by atoms with van der Waals surface area (Å²) in [6.45, 7) is 8.75. The highest BCUT2D eigenvalue weighted by Crippen LogP contribution is 2.09. The van der Waals surface area contributed by atoms with Gasteiger partial charge >= 0.3 is 5.97 Å². The minimum absolute atomic E-state index is 0.316. The van der Waals surface area contributed by atoms with E-state index in [-0.39, 0.29) is 5.91 Å². The van der Waals surface area contributed by atoms with E-state index in [2.05, 4.69) is 10.3 Å².